The molecule has 0 spiro atoms. The Morgan fingerprint density at radius 3 is 2.93 bits per heavy atom. The molecule has 4 nitrogen and oxygen atoms in total. The molecular formula is C10H14ClN3O. The van der Waals surface area contributed by atoms with Gasteiger partial charge >= 0.3 is 0 Å². The van der Waals surface area contributed by atoms with Crippen molar-refractivity contribution in [2.24, 2.45) is 0 Å². The Morgan fingerprint density at radius 2 is 2.40 bits per heavy atom. The lowest BCUT2D eigenvalue weighted by atomic mass is 10.3. The standard InChI is InChI=1S/C10H14ClN3O/c1-4-14-9(5-8(3)13-14)10(15)12-6-7(2)11/h5H,2,4,6H2,1,3H3,(H,12,15). The van der Waals surface area contributed by atoms with E-state index < -0.39 is 0 Å². The molecule has 1 aromatic rings. The van der Waals surface area contributed by atoms with Crippen LogP contribution in [0.5, 0.6) is 0 Å². The van der Waals surface area contributed by atoms with E-state index in [1.807, 2.05) is 13.8 Å². The van der Waals surface area contributed by atoms with Gasteiger partial charge in [0.05, 0.1) is 12.2 Å². The lowest BCUT2D eigenvalue weighted by Crippen LogP contribution is -2.27. The van der Waals surface area contributed by atoms with Crippen LogP contribution < -0.4 is 5.32 Å². The van der Waals surface area contributed by atoms with Gasteiger partial charge in [-0.25, -0.2) is 0 Å². The fourth-order valence-corrected chi connectivity index (χ4v) is 1.30. The van der Waals surface area contributed by atoms with Crippen LogP contribution in [0.2, 0.25) is 0 Å². The van der Waals surface area contributed by atoms with Gasteiger partial charge in [0.25, 0.3) is 5.91 Å². The monoisotopic (exact) mass is 227 g/mol. The molecule has 1 N–H and O–H groups in total. The molecule has 0 bridgehead atoms. The molecule has 0 aromatic carbocycles. The van der Waals surface area contributed by atoms with Crippen LogP contribution in [0.4, 0.5) is 0 Å². The molecule has 1 amide bonds. The zero-order valence-electron chi connectivity index (χ0n) is 8.88. The zero-order valence-corrected chi connectivity index (χ0v) is 9.64. The summed E-state index contributed by atoms with van der Waals surface area (Å²) in [5, 5.41) is 7.24. The lowest BCUT2D eigenvalue weighted by Gasteiger charge is -2.05. The predicted octanol–water partition coefficient (Wildman–Crippen LogP) is 1.69. The van der Waals surface area contributed by atoms with E-state index in [0.29, 0.717) is 17.3 Å². The highest BCUT2D eigenvalue weighted by Crippen LogP contribution is 2.04. The average Bonchev–Trinajstić information content (AvgIpc) is 2.56. The summed E-state index contributed by atoms with van der Waals surface area (Å²) in [6.45, 7) is 8.22. The number of nitrogens with one attached hydrogen (secondary N) is 1. The van der Waals surface area contributed by atoms with Crippen LogP contribution in [0.15, 0.2) is 17.7 Å². The number of rotatable bonds is 4. The first-order valence-corrected chi connectivity index (χ1v) is 5.08. The summed E-state index contributed by atoms with van der Waals surface area (Å²) in [5.74, 6) is -0.181. The third kappa shape index (κ3) is 3.09. The molecule has 0 fully saturated rings. The van der Waals surface area contributed by atoms with E-state index in [0.717, 1.165) is 5.69 Å². The second-order valence-corrected chi connectivity index (χ2v) is 3.72. The molecule has 1 rings (SSSR count). The number of hydrogen-bond donors (Lipinski definition) is 1. The minimum absolute atomic E-state index is 0.181. The van der Waals surface area contributed by atoms with Gasteiger partial charge in [0.1, 0.15) is 5.69 Å². The average molecular weight is 228 g/mol. The number of carbonyl (C=O) groups is 1. The molecule has 0 unspecified atom stereocenters. The fraction of sp³-hybridized carbons (Fsp3) is 0.400. The van der Waals surface area contributed by atoms with Crippen molar-refractivity contribution in [1.29, 1.82) is 0 Å². The van der Waals surface area contributed by atoms with Crippen LogP contribution >= 0.6 is 11.6 Å². The number of hydrogen-bond acceptors (Lipinski definition) is 2. The molecule has 15 heavy (non-hydrogen) atoms. The SMILES string of the molecule is C=C(Cl)CNC(=O)c1cc(C)nn1CC. The molecule has 0 saturated heterocycles. The molecular weight excluding hydrogens is 214 g/mol. The van der Waals surface area contributed by atoms with Crippen LogP contribution in [0, 0.1) is 6.92 Å². The van der Waals surface area contributed by atoms with Crippen molar-refractivity contribution in [1.82, 2.24) is 15.1 Å². The third-order valence-corrected chi connectivity index (χ3v) is 2.01. The third-order valence-electron chi connectivity index (χ3n) is 1.88. The summed E-state index contributed by atoms with van der Waals surface area (Å²) < 4.78 is 1.65. The molecule has 0 radical (unpaired) electrons. The largest absolute Gasteiger partial charge is 0.346 e. The Morgan fingerprint density at radius 1 is 1.73 bits per heavy atom. The van der Waals surface area contributed by atoms with E-state index in [1.165, 1.54) is 0 Å². The van der Waals surface area contributed by atoms with Gasteiger partial charge in [-0.1, -0.05) is 18.2 Å². The predicted molar refractivity (Wildman–Crippen MR) is 60.0 cm³/mol. The highest BCUT2D eigenvalue weighted by molar-refractivity contribution is 6.29. The van der Waals surface area contributed by atoms with Gasteiger partial charge in [0, 0.05) is 11.6 Å². The first-order valence-electron chi connectivity index (χ1n) is 4.70. The van der Waals surface area contributed by atoms with Crippen molar-refractivity contribution in [2.75, 3.05) is 6.54 Å². The maximum absolute atomic E-state index is 11.7. The molecule has 0 aliphatic rings. The maximum Gasteiger partial charge on any atom is 0.269 e. The zero-order chi connectivity index (χ0) is 11.4. The van der Waals surface area contributed by atoms with Gasteiger partial charge in [0.15, 0.2) is 0 Å². The second kappa shape index (κ2) is 4.98. The number of halogens is 1. The minimum Gasteiger partial charge on any atom is -0.346 e. The van der Waals surface area contributed by atoms with E-state index in [4.69, 9.17) is 11.6 Å². The molecule has 0 aliphatic carbocycles. The van der Waals surface area contributed by atoms with Crippen molar-refractivity contribution in [3.63, 3.8) is 0 Å². The first kappa shape index (κ1) is 11.8. The highest BCUT2D eigenvalue weighted by atomic mass is 35.5. The Kier molecular flexibility index (Phi) is 3.91. The van der Waals surface area contributed by atoms with Crippen molar-refractivity contribution >= 4 is 17.5 Å². The second-order valence-electron chi connectivity index (χ2n) is 3.19. The number of aryl methyl sites for hydroxylation is 2. The Hall–Kier alpha value is -1.29. The molecule has 0 atom stereocenters. The van der Waals surface area contributed by atoms with Gasteiger partial charge in [-0.3, -0.25) is 9.48 Å². The number of aromatic nitrogens is 2. The van der Waals surface area contributed by atoms with Gasteiger partial charge in [-0.05, 0) is 19.9 Å². The summed E-state index contributed by atoms with van der Waals surface area (Å²) in [5.41, 5.74) is 1.37. The Balaban J connectivity index is 2.76. The topological polar surface area (TPSA) is 46.9 Å². The molecule has 5 heteroatoms. The van der Waals surface area contributed by atoms with Crippen LogP contribution in [-0.2, 0) is 6.54 Å². The molecule has 82 valence electrons. The van der Waals surface area contributed by atoms with Crippen molar-refractivity contribution < 1.29 is 4.79 Å². The molecule has 0 saturated carbocycles. The quantitative estimate of drug-likeness (QED) is 0.851. The van der Waals surface area contributed by atoms with Crippen LogP contribution in [0.25, 0.3) is 0 Å². The number of amides is 1. The van der Waals surface area contributed by atoms with Crippen LogP contribution in [0.3, 0.4) is 0 Å². The molecule has 1 heterocycles. The summed E-state index contributed by atoms with van der Waals surface area (Å²) in [4.78, 5) is 11.7. The fourth-order valence-electron chi connectivity index (χ4n) is 1.24. The van der Waals surface area contributed by atoms with Crippen molar-refractivity contribution in [3.8, 4) is 0 Å². The van der Waals surface area contributed by atoms with E-state index in [-0.39, 0.29) is 12.5 Å². The first-order chi connectivity index (χ1) is 7.04. The van der Waals surface area contributed by atoms with Gasteiger partial charge in [-0.15, -0.1) is 0 Å². The van der Waals surface area contributed by atoms with Crippen molar-refractivity contribution in [3.05, 3.63) is 29.1 Å². The highest BCUT2D eigenvalue weighted by Gasteiger charge is 2.12. The minimum atomic E-state index is -0.181. The van der Waals surface area contributed by atoms with Gasteiger partial charge in [0.2, 0.25) is 0 Å². The summed E-state index contributed by atoms with van der Waals surface area (Å²) in [6, 6.07) is 1.75. The Bertz CT molecular complexity index is 384. The Labute approximate surface area is 93.9 Å². The van der Waals surface area contributed by atoms with Crippen molar-refractivity contribution in [2.45, 2.75) is 20.4 Å². The van der Waals surface area contributed by atoms with Gasteiger partial charge in [-0.2, -0.15) is 5.10 Å². The maximum atomic E-state index is 11.7. The lowest BCUT2D eigenvalue weighted by molar-refractivity contribution is 0.0947. The number of nitrogens with zero attached hydrogens (tertiary/aromatic N) is 2. The van der Waals surface area contributed by atoms with E-state index in [9.17, 15) is 4.79 Å². The van der Waals surface area contributed by atoms with Gasteiger partial charge < -0.3 is 5.32 Å². The normalized spacial score (nSPS) is 10.1. The summed E-state index contributed by atoms with van der Waals surface area (Å²) in [7, 11) is 0. The van der Waals surface area contributed by atoms with E-state index in [1.54, 1.807) is 10.7 Å². The van der Waals surface area contributed by atoms with Crippen LogP contribution in [0.1, 0.15) is 23.1 Å². The smallest absolute Gasteiger partial charge is 0.269 e. The number of carbonyl (C=O) groups excluding carboxylic acids is 1. The summed E-state index contributed by atoms with van der Waals surface area (Å²) in [6.07, 6.45) is 0. The summed E-state index contributed by atoms with van der Waals surface area (Å²) >= 11 is 5.56. The molecule has 0 aliphatic heterocycles. The molecule has 1 aromatic heterocycles. The van der Waals surface area contributed by atoms with Crippen LogP contribution in [-0.4, -0.2) is 22.2 Å². The van der Waals surface area contributed by atoms with E-state index >= 15 is 0 Å². The van der Waals surface area contributed by atoms with E-state index in [2.05, 4.69) is 17.0 Å².